The largest absolute Gasteiger partial charge is 0.352 e. The van der Waals surface area contributed by atoms with Crippen molar-refractivity contribution in [3.8, 4) is 0 Å². The topological polar surface area (TPSA) is 59.8 Å². The summed E-state index contributed by atoms with van der Waals surface area (Å²) >= 11 is 0. The van der Waals surface area contributed by atoms with Crippen molar-refractivity contribution in [3.05, 3.63) is 95.6 Å². The summed E-state index contributed by atoms with van der Waals surface area (Å²) in [4.78, 5) is 21.1. The molecule has 2 aromatic carbocycles. The molecule has 0 bridgehead atoms. The summed E-state index contributed by atoms with van der Waals surface area (Å²) in [5.41, 5.74) is 5.40. The van der Waals surface area contributed by atoms with Gasteiger partial charge in [0.25, 0.3) is 5.91 Å². The highest BCUT2D eigenvalue weighted by molar-refractivity contribution is 5.93. The summed E-state index contributed by atoms with van der Waals surface area (Å²) in [5.74, 6) is 0.874. The molecule has 0 spiro atoms. The molecule has 0 aliphatic carbocycles. The molecule has 2 aromatic heterocycles. The van der Waals surface area contributed by atoms with Crippen LogP contribution in [-0.2, 0) is 18.4 Å². The summed E-state index contributed by atoms with van der Waals surface area (Å²) in [6, 6.07) is 20.4. The van der Waals surface area contributed by atoms with Crippen LogP contribution in [0.5, 0.6) is 0 Å². The van der Waals surface area contributed by atoms with E-state index in [0.29, 0.717) is 18.5 Å². The maximum absolute atomic E-state index is 12.3. The molecule has 2 heterocycles. The van der Waals surface area contributed by atoms with Crippen LogP contribution in [0.1, 0.15) is 48.1 Å². The highest BCUT2D eigenvalue weighted by Crippen LogP contribution is 2.23. The lowest BCUT2D eigenvalue weighted by atomic mass is 9.87. The number of carbonyl (C=O) groups excluding carboxylic acids is 1. The molecule has 4 aromatic rings. The third-order valence-corrected chi connectivity index (χ3v) is 5.47. The Labute approximate surface area is 183 Å². The number of fused-ring (bicyclic) bond motifs is 1. The van der Waals surface area contributed by atoms with Gasteiger partial charge in [-0.3, -0.25) is 9.78 Å². The van der Waals surface area contributed by atoms with E-state index in [0.717, 1.165) is 23.4 Å². The molecule has 5 nitrogen and oxygen atoms in total. The fourth-order valence-electron chi connectivity index (χ4n) is 3.68. The first-order valence-electron chi connectivity index (χ1n) is 10.6. The Kier molecular flexibility index (Phi) is 5.85. The molecule has 0 atom stereocenters. The summed E-state index contributed by atoms with van der Waals surface area (Å²) in [6.07, 6.45) is 3.91. The van der Waals surface area contributed by atoms with Crippen LogP contribution in [0, 0.1) is 0 Å². The third kappa shape index (κ3) is 4.82. The number of carbonyl (C=O) groups is 1. The van der Waals surface area contributed by atoms with E-state index in [1.807, 2.05) is 18.2 Å². The van der Waals surface area contributed by atoms with Gasteiger partial charge in [-0.1, -0.05) is 57.2 Å². The predicted molar refractivity (Wildman–Crippen MR) is 124 cm³/mol. The van der Waals surface area contributed by atoms with Crippen molar-refractivity contribution in [2.24, 2.45) is 0 Å². The molecule has 1 N–H and O–H groups in total. The van der Waals surface area contributed by atoms with Crippen molar-refractivity contribution >= 4 is 16.9 Å². The maximum Gasteiger partial charge on any atom is 0.251 e. The van der Waals surface area contributed by atoms with Crippen LogP contribution in [0.2, 0.25) is 0 Å². The molecule has 158 valence electrons. The quantitative estimate of drug-likeness (QED) is 0.497. The van der Waals surface area contributed by atoms with Crippen molar-refractivity contribution in [1.29, 1.82) is 0 Å². The van der Waals surface area contributed by atoms with Gasteiger partial charge in [0.15, 0.2) is 0 Å². The van der Waals surface area contributed by atoms with Crippen molar-refractivity contribution in [2.45, 2.75) is 39.2 Å². The van der Waals surface area contributed by atoms with Crippen molar-refractivity contribution < 1.29 is 4.79 Å². The summed E-state index contributed by atoms with van der Waals surface area (Å²) in [6.45, 7) is 7.95. The van der Waals surface area contributed by atoms with Gasteiger partial charge in [0.1, 0.15) is 5.82 Å². The molecule has 4 rings (SSSR count). The zero-order chi connectivity index (χ0) is 21.8. The monoisotopic (exact) mass is 412 g/mol. The van der Waals surface area contributed by atoms with Crippen molar-refractivity contribution in [2.75, 3.05) is 6.54 Å². The molecule has 31 heavy (non-hydrogen) atoms. The van der Waals surface area contributed by atoms with Crippen LogP contribution in [0.4, 0.5) is 0 Å². The van der Waals surface area contributed by atoms with Crippen LogP contribution in [0.15, 0.2) is 73.1 Å². The number of nitrogens with zero attached hydrogens (tertiary/aromatic N) is 3. The molecule has 0 fully saturated rings. The molecular weight excluding hydrogens is 384 g/mol. The average Bonchev–Trinajstić information content (AvgIpc) is 3.11. The number of pyridine rings is 1. The first-order valence-corrected chi connectivity index (χ1v) is 10.6. The minimum atomic E-state index is -0.0946. The molecular formula is C26H28N4O. The van der Waals surface area contributed by atoms with Gasteiger partial charge >= 0.3 is 0 Å². The van der Waals surface area contributed by atoms with E-state index < -0.39 is 0 Å². The van der Waals surface area contributed by atoms with E-state index >= 15 is 0 Å². The number of hydrogen-bond donors (Lipinski definition) is 1. The Hall–Kier alpha value is -3.47. The minimum absolute atomic E-state index is 0.0946. The number of para-hydroxylation sites is 2. The Morgan fingerprint density at radius 1 is 0.968 bits per heavy atom. The zero-order valence-electron chi connectivity index (χ0n) is 18.3. The van der Waals surface area contributed by atoms with Crippen LogP contribution < -0.4 is 5.32 Å². The lowest BCUT2D eigenvalue weighted by Crippen LogP contribution is -2.26. The second kappa shape index (κ2) is 8.72. The first kappa shape index (κ1) is 20.8. The van der Waals surface area contributed by atoms with E-state index in [2.05, 4.69) is 66.0 Å². The molecule has 0 aliphatic heterocycles. The number of amides is 1. The first-order chi connectivity index (χ1) is 14.9. The Bertz CT molecular complexity index is 1170. The smallest absolute Gasteiger partial charge is 0.251 e. The summed E-state index contributed by atoms with van der Waals surface area (Å²) in [7, 11) is 0. The van der Waals surface area contributed by atoms with Gasteiger partial charge in [-0.2, -0.15) is 0 Å². The molecule has 1 amide bonds. The highest BCUT2D eigenvalue weighted by atomic mass is 16.1. The van der Waals surface area contributed by atoms with E-state index in [1.54, 1.807) is 24.5 Å². The van der Waals surface area contributed by atoms with Crippen molar-refractivity contribution in [3.63, 3.8) is 0 Å². The standard InChI is InChI=1S/C26H28N4O/c1-26(2,3)21-10-8-19(9-11-21)18-30-23-7-5-4-6-22(23)29-24(30)14-17-28-25(31)20-12-15-27-16-13-20/h4-13,15-16H,14,17-18H2,1-3H3,(H,28,31). The zero-order valence-corrected chi connectivity index (χ0v) is 18.3. The number of imidazole rings is 1. The van der Waals surface area contributed by atoms with Gasteiger partial charge in [0, 0.05) is 37.5 Å². The van der Waals surface area contributed by atoms with Gasteiger partial charge in [-0.05, 0) is 40.8 Å². The molecule has 0 saturated heterocycles. The molecule has 5 heteroatoms. The second-order valence-electron chi connectivity index (χ2n) is 8.79. The van der Waals surface area contributed by atoms with Gasteiger partial charge in [-0.15, -0.1) is 0 Å². The Morgan fingerprint density at radius 2 is 1.68 bits per heavy atom. The lowest BCUT2D eigenvalue weighted by Gasteiger charge is -2.19. The number of aromatic nitrogens is 3. The molecule has 0 aliphatic rings. The van der Waals surface area contributed by atoms with E-state index in [1.165, 1.54) is 11.1 Å². The number of rotatable bonds is 6. The Balaban J connectivity index is 1.52. The van der Waals surface area contributed by atoms with Crippen LogP contribution in [0.25, 0.3) is 11.0 Å². The maximum atomic E-state index is 12.3. The molecule has 0 saturated carbocycles. The van der Waals surface area contributed by atoms with Gasteiger partial charge in [-0.25, -0.2) is 4.98 Å². The molecule has 0 unspecified atom stereocenters. The van der Waals surface area contributed by atoms with Gasteiger partial charge < -0.3 is 9.88 Å². The lowest BCUT2D eigenvalue weighted by molar-refractivity contribution is 0.0954. The number of benzene rings is 2. The third-order valence-electron chi connectivity index (χ3n) is 5.47. The summed E-state index contributed by atoms with van der Waals surface area (Å²) < 4.78 is 2.25. The van der Waals surface area contributed by atoms with Crippen molar-refractivity contribution in [1.82, 2.24) is 19.9 Å². The Morgan fingerprint density at radius 3 is 2.39 bits per heavy atom. The van der Waals surface area contributed by atoms with E-state index in [4.69, 9.17) is 4.98 Å². The summed E-state index contributed by atoms with van der Waals surface area (Å²) in [5, 5.41) is 2.99. The number of hydrogen-bond acceptors (Lipinski definition) is 3. The second-order valence-corrected chi connectivity index (χ2v) is 8.79. The minimum Gasteiger partial charge on any atom is -0.352 e. The fraction of sp³-hybridized carbons (Fsp3) is 0.269. The van der Waals surface area contributed by atoms with Gasteiger partial charge in [0.2, 0.25) is 0 Å². The SMILES string of the molecule is CC(C)(C)c1ccc(Cn2c(CCNC(=O)c3ccncc3)nc3ccccc32)cc1. The van der Waals surface area contributed by atoms with Crippen LogP contribution in [0.3, 0.4) is 0 Å². The average molecular weight is 413 g/mol. The number of nitrogens with one attached hydrogen (secondary N) is 1. The van der Waals surface area contributed by atoms with Gasteiger partial charge in [0.05, 0.1) is 11.0 Å². The highest BCUT2D eigenvalue weighted by Gasteiger charge is 2.15. The van der Waals surface area contributed by atoms with E-state index in [9.17, 15) is 4.79 Å². The van der Waals surface area contributed by atoms with Crippen LogP contribution >= 0.6 is 0 Å². The predicted octanol–water partition coefficient (Wildman–Crippen LogP) is 4.75. The normalized spacial score (nSPS) is 11.6. The fourth-order valence-corrected chi connectivity index (χ4v) is 3.68. The van der Waals surface area contributed by atoms with Crippen LogP contribution in [-0.4, -0.2) is 27.0 Å². The molecule has 0 radical (unpaired) electrons. The van der Waals surface area contributed by atoms with E-state index in [-0.39, 0.29) is 11.3 Å².